The van der Waals surface area contributed by atoms with Crippen molar-refractivity contribution in [1.82, 2.24) is 15.1 Å². The van der Waals surface area contributed by atoms with E-state index in [2.05, 4.69) is 12.2 Å². The number of rotatable bonds is 7. The fourth-order valence-electron chi connectivity index (χ4n) is 4.44. The molecular formula is C19H35N3O3. The van der Waals surface area contributed by atoms with Crippen LogP contribution in [-0.4, -0.2) is 65.7 Å². The van der Waals surface area contributed by atoms with Gasteiger partial charge in [0.05, 0.1) is 6.54 Å². The lowest BCUT2D eigenvalue weighted by Gasteiger charge is -2.39. The van der Waals surface area contributed by atoms with Crippen LogP contribution >= 0.6 is 0 Å². The molecule has 6 nitrogen and oxygen atoms in total. The Bertz CT molecular complexity index is 441. The highest BCUT2D eigenvalue weighted by atomic mass is 16.4. The lowest BCUT2D eigenvalue weighted by molar-refractivity contribution is -0.139. The molecule has 144 valence electrons. The summed E-state index contributed by atoms with van der Waals surface area (Å²) in [4.78, 5) is 27.4. The molecule has 1 saturated carbocycles. The van der Waals surface area contributed by atoms with E-state index in [9.17, 15) is 9.59 Å². The average molecular weight is 354 g/mol. The van der Waals surface area contributed by atoms with Gasteiger partial charge in [-0.15, -0.1) is 0 Å². The lowest BCUT2D eigenvalue weighted by atomic mass is 9.72. The molecule has 2 N–H and O–H groups in total. The molecule has 0 aromatic carbocycles. The molecular weight excluding hydrogens is 318 g/mol. The molecule has 1 saturated heterocycles. The molecule has 0 unspecified atom stereocenters. The van der Waals surface area contributed by atoms with Crippen molar-refractivity contribution in [3.05, 3.63) is 0 Å². The van der Waals surface area contributed by atoms with E-state index in [1.807, 2.05) is 16.7 Å². The Morgan fingerprint density at radius 2 is 1.80 bits per heavy atom. The maximum absolute atomic E-state index is 12.5. The van der Waals surface area contributed by atoms with Crippen molar-refractivity contribution in [2.24, 2.45) is 5.41 Å². The largest absolute Gasteiger partial charge is 0.480 e. The van der Waals surface area contributed by atoms with Crippen LogP contribution in [0.4, 0.5) is 4.79 Å². The Morgan fingerprint density at radius 3 is 2.32 bits per heavy atom. The molecule has 2 aliphatic rings. The number of carboxylic acids is 1. The first-order valence-electron chi connectivity index (χ1n) is 9.98. The second-order valence-electron chi connectivity index (χ2n) is 7.75. The molecule has 0 bridgehead atoms. The van der Waals surface area contributed by atoms with Crippen molar-refractivity contribution in [2.45, 2.75) is 71.3 Å². The molecule has 0 radical (unpaired) electrons. The summed E-state index contributed by atoms with van der Waals surface area (Å²) in [5.74, 6) is -0.778. The van der Waals surface area contributed by atoms with Crippen LogP contribution in [0.3, 0.4) is 0 Å². The number of hydrogen-bond donors (Lipinski definition) is 2. The minimum atomic E-state index is -0.778. The van der Waals surface area contributed by atoms with Crippen LogP contribution < -0.4 is 5.32 Å². The third-order valence-electron chi connectivity index (χ3n) is 6.29. The first-order valence-corrected chi connectivity index (χ1v) is 9.98. The zero-order valence-corrected chi connectivity index (χ0v) is 15.9. The van der Waals surface area contributed by atoms with E-state index in [4.69, 9.17) is 5.11 Å². The Kier molecular flexibility index (Phi) is 7.54. The molecule has 1 aliphatic carbocycles. The van der Waals surface area contributed by atoms with Crippen LogP contribution in [-0.2, 0) is 4.79 Å². The standard InChI is InChI=1S/C19H35N3O3/c1-3-19(10-6-5-7-11-19)15-20-18(25)22-12-8-16(9-13-22)21(4-2)14-17(23)24/h16H,3-15H2,1-2H3,(H,20,25)(H,23,24). The number of urea groups is 1. The Labute approximate surface area is 151 Å². The molecule has 0 atom stereocenters. The topological polar surface area (TPSA) is 72.9 Å². The van der Waals surface area contributed by atoms with Gasteiger partial charge >= 0.3 is 12.0 Å². The second-order valence-corrected chi connectivity index (χ2v) is 7.75. The SMILES string of the molecule is CCN(CC(=O)O)C1CCN(C(=O)NCC2(CC)CCCCC2)CC1. The first-order chi connectivity index (χ1) is 12.0. The summed E-state index contributed by atoms with van der Waals surface area (Å²) in [7, 11) is 0. The van der Waals surface area contributed by atoms with E-state index in [0.29, 0.717) is 18.5 Å². The summed E-state index contributed by atoms with van der Waals surface area (Å²) in [6, 6.07) is 0.323. The predicted octanol–water partition coefficient (Wildman–Crippen LogP) is 2.93. The number of hydrogen-bond acceptors (Lipinski definition) is 3. The molecule has 2 amide bonds. The van der Waals surface area contributed by atoms with Gasteiger partial charge in [0.2, 0.25) is 0 Å². The number of amides is 2. The number of carbonyl (C=O) groups is 2. The number of carboxylic acid groups (broad SMARTS) is 1. The van der Waals surface area contributed by atoms with Crippen molar-refractivity contribution in [3.8, 4) is 0 Å². The van der Waals surface area contributed by atoms with Crippen LogP contribution in [0.25, 0.3) is 0 Å². The van der Waals surface area contributed by atoms with Gasteiger partial charge in [0.15, 0.2) is 0 Å². The van der Waals surface area contributed by atoms with Crippen LogP contribution in [0.5, 0.6) is 0 Å². The smallest absolute Gasteiger partial charge is 0.317 e. The summed E-state index contributed by atoms with van der Waals surface area (Å²) in [5.41, 5.74) is 0.298. The number of nitrogens with one attached hydrogen (secondary N) is 1. The number of nitrogens with zero attached hydrogens (tertiary/aromatic N) is 2. The van der Waals surface area contributed by atoms with E-state index in [1.54, 1.807) is 0 Å². The van der Waals surface area contributed by atoms with Gasteiger partial charge < -0.3 is 15.3 Å². The molecule has 6 heteroatoms. The molecule has 1 heterocycles. The van der Waals surface area contributed by atoms with E-state index >= 15 is 0 Å². The fourth-order valence-corrected chi connectivity index (χ4v) is 4.44. The highest BCUT2D eigenvalue weighted by Gasteiger charge is 2.32. The van der Waals surface area contributed by atoms with Gasteiger partial charge in [0.1, 0.15) is 0 Å². The van der Waals surface area contributed by atoms with Crippen molar-refractivity contribution in [3.63, 3.8) is 0 Å². The molecule has 0 spiro atoms. The minimum absolute atomic E-state index is 0.0538. The van der Waals surface area contributed by atoms with Gasteiger partial charge in [-0.25, -0.2) is 4.79 Å². The molecule has 0 aromatic rings. The molecule has 0 aromatic heterocycles. The zero-order valence-electron chi connectivity index (χ0n) is 15.9. The van der Waals surface area contributed by atoms with Gasteiger partial charge in [0, 0.05) is 25.7 Å². The third-order valence-corrected chi connectivity index (χ3v) is 6.29. The monoisotopic (exact) mass is 353 g/mol. The Hall–Kier alpha value is -1.30. The highest BCUT2D eigenvalue weighted by Crippen LogP contribution is 2.38. The van der Waals surface area contributed by atoms with Gasteiger partial charge in [-0.3, -0.25) is 9.69 Å². The van der Waals surface area contributed by atoms with Crippen molar-refractivity contribution < 1.29 is 14.7 Å². The van der Waals surface area contributed by atoms with E-state index in [1.165, 1.54) is 32.1 Å². The first kappa shape index (κ1) is 20.0. The molecule has 2 fully saturated rings. The van der Waals surface area contributed by atoms with Crippen molar-refractivity contribution in [2.75, 3.05) is 32.7 Å². The van der Waals surface area contributed by atoms with Gasteiger partial charge in [0.25, 0.3) is 0 Å². The lowest BCUT2D eigenvalue weighted by Crippen LogP contribution is -2.51. The highest BCUT2D eigenvalue weighted by molar-refractivity contribution is 5.74. The van der Waals surface area contributed by atoms with Crippen molar-refractivity contribution in [1.29, 1.82) is 0 Å². The zero-order chi connectivity index (χ0) is 18.3. The quantitative estimate of drug-likeness (QED) is 0.738. The maximum Gasteiger partial charge on any atom is 0.317 e. The van der Waals surface area contributed by atoms with Crippen LogP contribution in [0.1, 0.15) is 65.2 Å². The number of piperidine rings is 1. The Balaban J connectivity index is 1.77. The van der Waals surface area contributed by atoms with E-state index in [0.717, 1.165) is 32.4 Å². The number of carbonyl (C=O) groups excluding carboxylic acids is 1. The number of aliphatic carboxylic acids is 1. The number of likely N-dealkylation sites (tertiary alicyclic amines) is 1. The van der Waals surface area contributed by atoms with Crippen LogP contribution in [0.2, 0.25) is 0 Å². The third kappa shape index (κ3) is 5.59. The minimum Gasteiger partial charge on any atom is -0.480 e. The second kappa shape index (κ2) is 9.41. The van der Waals surface area contributed by atoms with Crippen LogP contribution in [0.15, 0.2) is 0 Å². The summed E-state index contributed by atoms with van der Waals surface area (Å²) >= 11 is 0. The van der Waals surface area contributed by atoms with Gasteiger partial charge in [-0.1, -0.05) is 33.1 Å². The summed E-state index contributed by atoms with van der Waals surface area (Å²) in [5, 5.41) is 12.2. The number of likely N-dealkylation sites (N-methyl/N-ethyl adjacent to an activating group) is 1. The van der Waals surface area contributed by atoms with Gasteiger partial charge in [-0.2, -0.15) is 0 Å². The fraction of sp³-hybridized carbons (Fsp3) is 0.895. The van der Waals surface area contributed by atoms with E-state index in [-0.39, 0.29) is 18.6 Å². The predicted molar refractivity (Wildman–Crippen MR) is 98.7 cm³/mol. The molecule has 25 heavy (non-hydrogen) atoms. The van der Waals surface area contributed by atoms with Crippen molar-refractivity contribution >= 4 is 12.0 Å². The average Bonchev–Trinajstić information content (AvgIpc) is 2.65. The maximum atomic E-state index is 12.5. The van der Waals surface area contributed by atoms with Gasteiger partial charge in [-0.05, 0) is 44.1 Å². The normalized spacial score (nSPS) is 21.3. The molecule has 1 aliphatic heterocycles. The molecule has 2 rings (SSSR count). The van der Waals surface area contributed by atoms with Crippen LogP contribution in [0, 0.1) is 5.41 Å². The van der Waals surface area contributed by atoms with E-state index < -0.39 is 5.97 Å². The Morgan fingerprint density at radius 1 is 1.16 bits per heavy atom. The summed E-state index contributed by atoms with van der Waals surface area (Å²) in [6.45, 7) is 7.29. The summed E-state index contributed by atoms with van der Waals surface area (Å²) < 4.78 is 0. The summed E-state index contributed by atoms with van der Waals surface area (Å²) in [6.07, 6.45) is 9.19.